The molecule has 0 atom stereocenters. The molecule has 0 aliphatic carbocycles. The molecule has 0 aromatic carbocycles. The summed E-state index contributed by atoms with van der Waals surface area (Å²) in [6, 6.07) is 0. The Morgan fingerprint density at radius 2 is 1.31 bits per heavy atom. The fourth-order valence-corrected chi connectivity index (χ4v) is 0.750. The van der Waals surface area contributed by atoms with Gasteiger partial charge in [-0.15, -0.1) is 0 Å². The standard InChI is InChI=1S/C3H10O4Si.FHO3S/c1-5-8(4,6-2)7-3;1-5(2,3)4/h4H,1-3H3;(H,2,3,4). The molecule has 7 nitrogen and oxygen atoms in total. The summed E-state index contributed by atoms with van der Waals surface area (Å²) in [5.74, 6) is 0. The summed E-state index contributed by atoms with van der Waals surface area (Å²) >= 11 is 0. The van der Waals surface area contributed by atoms with E-state index in [0.717, 1.165) is 0 Å². The maximum Gasteiger partial charge on any atom is 0.676 e. The molecule has 0 saturated carbocycles. The van der Waals surface area contributed by atoms with Crippen molar-refractivity contribution < 1.29 is 34.9 Å². The Kier molecular flexibility index (Phi) is 7.53. The first-order chi connectivity index (χ1) is 5.68. The van der Waals surface area contributed by atoms with E-state index >= 15 is 0 Å². The summed E-state index contributed by atoms with van der Waals surface area (Å²) < 4.78 is 47.5. The summed E-state index contributed by atoms with van der Waals surface area (Å²) in [5.41, 5.74) is 0. The van der Waals surface area contributed by atoms with Crippen molar-refractivity contribution in [3.8, 4) is 0 Å². The minimum absolute atomic E-state index is 1.33. The molecule has 13 heavy (non-hydrogen) atoms. The molecule has 0 heterocycles. The van der Waals surface area contributed by atoms with E-state index in [2.05, 4.69) is 13.3 Å². The van der Waals surface area contributed by atoms with Gasteiger partial charge in [0.05, 0.1) is 0 Å². The van der Waals surface area contributed by atoms with Crippen LogP contribution in [-0.2, 0) is 23.8 Å². The summed E-state index contributed by atoms with van der Waals surface area (Å²) in [4.78, 5) is 8.91. The summed E-state index contributed by atoms with van der Waals surface area (Å²) in [6.45, 7) is 0. The predicted molar refractivity (Wildman–Crippen MR) is 41.7 cm³/mol. The fourth-order valence-electron chi connectivity index (χ4n) is 0.250. The SMILES string of the molecule is CO[Si](O)(OC)OC.O=S(=O)(O)F. The van der Waals surface area contributed by atoms with Crippen LogP contribution in [0.2, 0.25) is 0 Å². The highest BCUT2D eigenvalue weighted by atomic mass is 32.3. The molecule has 0 spiro atoms. The molecule has 0 bridgehead atoms. The molecular formula is C3H11FO7SSi. The topological polar surface area (TPSA) is 102 Å². The molecular weight excluding hydrogens is 227 g/mol. The lowest BCUT2D eigenvalue weighted by Crippen LogP contribution is -2.42. The molecule has 0 amide bonds. The molecule has 0 radical (unpaired) electrons. The molecule has 0 unspecified atom stereocenters. The average molecular weight is 238 g/mol. The van der Waals surface area contributed by atoms with Gasteiger partial charge in [-0.25, -0.2) is 0 Å². The highest BCUT2D eigenvalue weighted by Gasteiger charge is 2.36. The van der Waals surface area contributed by atoms with Crippen molar-refractivity contribution in [1.82, 2.24) is 0 Å². The van der Waals surface area contributed by atoms with Crippen molar-refractivity contribution in [3.63, 3.8) is 0 Å². The molecule has 0 rings (SSSR count). The number of rotatable bonds is 3. The lowest BCUT2D eigenvalue weighted by atomic mass is 11.8. The van der Waals surface area contributed by atoms with Crippen molar-refractivity contribution in [2.24, 2.45) is 0 Å². The maximum absolute atomic E-state index is 10.2. The Bertz CT molecular complexity index is 196. The molecule has 0 aromatic rings. The molecule has 0 saturated heterocycles. The van der Waals surface area contributed by atoms with E-state index in [-0.39, 0.29) is 0 Å². The molecule has 0 aliphatic heterocycles. The van der Waals surface area contributed by atoms with E-state index in [0.29, 0.717) is 0 Å². The molecule has 2 N–H and O–H groups in total. The Morgan fingerprint density at radius 3 is 1.31 bits per heavy atom. The van der Waals surface area contributed by atoms with E-state index < -0.39 is 19.6 Å². The average Bonchev–Trinajstić information content (AvgIpc) is 2.00. The van der Waals surface area contributed by atoms with Crippen molar-refractivity contribution in [2.75, 3.05) is 21.3 Å². The van der Waals surface area contributed by atoms with E-state index in [1.165, 1.54) is 21.3 Å². The van der Waals surface area contributed by atoms with Gasteiger partial charge in [0.1, 0.15) is 0 Å². The predicted octanol–water partition coefficient (Wildman–Crippen LogP) is -0.888. The van der Waals surface area contributed by atoms with Crippen LogP contribution in [-0.4, -0.2) is 48.1 Å². The third-order valence-corrected chi connectivity index (χ3v) is 2.32. The van der Waals surface area contributed by atoms with Crippen molar-refractivity contribution in [2.45, 2.75) is 0 Å². The number of halogens is 1. The van der Waals surface area contributed by atoms with E-state index in [4.69, 9.17) is 17.8 Å². The zero-order valence-electron chi connectivity index (χ0n) is 7.22. The first kappa shape index (κ1) is 15.4. The van der Waals surface area contributed by atoms with E-state index in [1.54, 1.807) is 0 Å². The highest BCUT2D eigenvalue weighted by molar-refractivity contribution is 7.80. The smallest absolute Gasteiger partial charge is 0.367 e. The van der Waals surface area contributed by atoms with Gasteiger partial charge < -0.3 is 18.1 Å². The lowest BCUT2D eigenvalue weighted by molar-refractivity contribution is 0.0418. The van der Waals surface area contributed by atoms with Gasteiger partial charge in [-0.05, 0) is 0 Å². The third kappa shape index (κ3) is 14.7. The van der Waals surface area contributed by atoms with Crippen LogP contribution in [0, 0.1) is 0 Å². The van der Waals surface area contributed by atoms with Gasteiger partial charge in [-0.1, -0.05) is 3.89 Å². The maximum atomic E-state index is 10.2. The number of hydrogen-bond donors (Lipinski definition) is 2. The van der Waals surface area contributed by atoms with Gasteiger partial charge in [0, 0.05) is 21.3 Å². The third-order valence-electron chi connectivity index (χ3n) is 0.774. The van der Waals surface area contributed by atoms with Gasteiger partial charge in [0.2, 0.25) is 0 Å². The minimum atomic E-state index is -5.17. The summed E-state index contributed by atoms with van der Waals surface area (Å²) in [5, 5.41) is 0. The van der Waals surface area contributed by atoms with Crippen LogP contribution in [0.5, 0.6) is 0 Å². The van der Waals surface area contributed by atoms with Crippen molar-refractivity contribution >= 4 is 19.6 Å². The zero-order valence-corrected chi connectivity index (χ0v) is 9.04. The van der Waals surface area contributed by atoms with Gasteiger partial charge >= 0.3 is 19.6 Å². The lowest BCUT2D eigenvalue weighted by Gasteiger charge is -2.14. The van der Waals surface area contributed by atoms with Gasteiger partial charge in [-0.2, -0.15) is 8.42 Å². The van der Waals surface area contributed by atoms with Crippen LogP contribution >= 0.6 is 0 Å². The molecule has 82 valence electrons. The largest absolute Gasteiger partial charge is 0.676 e. The second-order valence-corrected chi connectivity index (χ2v) is 4.65. The second kappa shape index (κ2) is 6.37. The first-order valence-corrected chi connectivity index (χ1v) is 5.74. The number of hydrogen-bond acceptors (Lipinski definition) is 6. The van der Waals surface area contributed by atoms with Gasteiger partial charge in [0.15, 0.2) is 0 Å². The quantitative estimate of drug-likeness (QED) is 0.373. The Hall–Kier alpha value is -0.103. The van der Waals surface area contributed by atoms with Crippen LogP contribution < -0.4 is 0 Å². The highest BCUT2D eigenvalue weighted by Crippen LogP contribution is 1.97. The minimum Gasteiger partial charge on any atom is -0.367 e. The van der Waals surface area contributed by atoms with Crippen LogP contribution in [0.4, 0.5) is 3.89 Å². The normalized spacial score (nSPS) is 11.8. The van der Waals surface area contributed by atoms with Gasteiger partial charge in [-0.3, -0.25) is 4.55 Å². The fraction of sp³-hybridized carbons (Fsp3) is 1.00. The van der Waals surface area contributed by atoms with E-state index in [9.17, 15) is 3.89 Å². The van der Waals surface area contributed by atoms with Crippen LogP contribution in [0.25, 0.3) is 0 Å². The van der Waals surface area contributed by atoms with Crippen LogP contribution in [0.3, 0.4) is 0 Å². The van der Waals surface area contributed by atoms with Crippen LogP contribution in [0.15, 0.2) is 0 Å². The first-order valence-electron chi connectivity index (χ1n) is 2.73. The monoisotopic (exact) mass is 238 g/mol. The molecule has 0 aromatic heterocycles. The Labute approximate surface area is 76.6 Å². The molecule has 0 fully saturated rings. The molecule has 10 heteroatoms. The van der Waals surface area contributed by atoms with Crippen LogP contribution in [0.1, 0.15) is 0 Å². The van der Waals surface area contributed by atoms with Gasteiger partial charge in [0.25, 0.3) is 0 Å². The summed E-state index contributed by atoms with van der Waals surface area (Å²) in [6.07, 6.45) is 0. The van der Waals surface area contributed by atoms with Crippen molar-refractivity contribution in [3.05, 3.63) is 0 Å². The second-order valence-electron chi connectivity index (χ2n) is 1.55. The Balaban J connectivity index is 0. The summed E-state index contributed by atoms with van der Waals surface area (Å²) in [7, 11) is -4.34. The Morgan fingerprint density at radius 1 is 1.15 bits per heavy atom. The zero-order chi connectivity index (χ0) is 11.1. The van der Waals surface area contributed by atoms with Crippen molar-refractivity contribution in [1.29, 1.82) is 0 Å². The molecule has 0 aliphatic rings. The van der Waals surface area contributed by atoms with E-state index in [1.807, 2.05) is 0 Å².